The first kappa shape index (κ1) is 15.5. The number of halogens is 1. The summed E-state index contributed by atoms with van der Waals surface area (Å²) in [6, 6.07) is 10.2. The fourth-order valence-electron chi connectivity index (χ4n) is 2.29. The van der Waals surface area contributed by atoms with Crippen LogP contribution in [0.2, 0.25) is 0 Å². The monoisotopic (exact) mass is 329 g/mol. The fourth-order valence-corrected chi connectivity index (χ4v) is 2.41. The first-order valence-corrected chi connectivity index (χ1v) is 7.54. The Kier molecular flexibility index (Phi) is 3.60. The van der Waals surface area contributed by atoms with E-state index in [2.05, 4.69) is 31.0 Å². The highest BCUT2D eigenvalue weighted by Crippen LogP contribution is 2.29. The minimum Gasteiger partial charge on any atom is -0.506 e. The lowest BCUT2D eigenvalue weighted by Gasteiger charge is -2.19. The largest absolute Gasteiger partial charge is 0.506 e. The van der Waals surface area contributed by atoms with Crippen molar-refractivity contribution in [2.75, 3.05) is 0 Å². The van der Waals surface area contributed by atoms with Crippen molar-refractivity contribution in [3.05, 3.63) is 47.5 Å². The van der Waals surface area contributed by atoms with Crippen LogP contribution in [0.1, 0.15) is 36.7 Å². The summed E-state index contributed by atoms with van der Waals surface area (Å²) < 4.78 is 0. The Hall–Kier alpha value is -2.40. The molecule has 3 rings (SSSR count). The molecule has 1 N–H and O–H groups in total. The third-order valence-electron chi connectivity index (χ3n) is 3.66. The van der Waals surface area contributed by atoms with Crippen LogP contribution in [-0.4, -0.2) is 25.3 Å². The molecule has 0 amide bonds. The molecule has 0 aliphatic carbocycles. The molecular formula is C17H16ClN3O2. The number of fused-ring (bicyclic) bond motifs is 1. The zero-order valence-corrected chi connectivity index (χ0v) is 13.8. The Bertz CT molecular complexity index is 910. The van der Waals surface area contributed by atoms with Gasteiger partial charge in [-0.15, -0.1) is 15.0 Å². The number of aromatic nitrogens is 3. The molecule has 3 aromatic rings. The molecule has 0 saturated carbocycles. The fraction of sp³-hybridized carbons (Fsp3) is 0.235. The number of carbonyl (C=O) groups excluding carboxylic acids is 1. The molecule has 0 unspecified atom stereocenters. The maximum atomic E-state index is 11.2. The summed E-state index contributed by atoms with van der Waals surface area (Å²) >= 11 is 5.49. The van der Waals surface area contributed by atoms with Gasteiger partial charge >= 0.3 is 0 Å². The van der Waals surface area contributed by atoms with Gasteiger partial charge in [0.15, 0.2) is 0 Å². The SMILES string of the molecule is CC(C)(C)c1ccc(O)c(-n2nc3ccc(C(=O)Cl)cc3n2)c1. The van der Waals surface area contributed by atoms with E-state index in [1.807, 2.05) is 12.1 Å². The molecule has 2 aromatic carbocycles. The molecule has 0 aliphatic rings. The molecule has 0 atom stereocenters. The number of carbonyl (C=O) groups is 1. The summed E-state index contributed by atoms with van der Waals surface area (Å²) in [5.74, 6) is 0.0898. The van der Waals surface area contributed by atoms with Gasteiger partial charge in [-0.1, -0.05) is 26.8 Å². The van der Waals surface area contributed by atoms with Crippen molar-refractivity contribution in [1.82, 2.24) is 15.0 Å². The average Bonchev–Trinajstić information content (AvgIpc) is 2.88. The van der Waals surface area contributed by atoms with Crippen LogP contribution >= 0.6 is 11.6 Å². The number of phenolic OH excluding ortho intramolecular Hbond substituents is 1. The maximum Gasteiger partial charge on any atom is 0.252 e. The third kappa shape index (κ3) is 2.92. The summed E-state index contributed by atoms with van der Waals surface area (Å²) in [4.78, 5) is 12.6. The van der Waals surface area contributed by atoms with Gasteiger partial charge in [0.05, 0.1) is 0 Å². The highest BCUT2D eigenvalue weighted by atomic mass is 35.5. The number of aromatic hydroxyl groups is 1. The zero-order valence-electron chi connectivity index (χ0n) is 13.0. The summed E-state index contributed by atoms with van der Waals surface area (Å²) in [7, 11) is 0. The minimum atomic E-state index is -0.543. The molecule has 0 aliphatic heterocycles. The number of rotatable bonds is 2. The van der Waals surface area contributed by atoms with E-state index in [1.165, 1.54) is 4.80 Å². The van der Waals surface area contributed by atoms with Crippen molar-refractivity contribution in [2.45, 2.75) is 26.2 Å². The summed E-state index contributed by atoms with van der Waals surface area (Å²) in [5.41, 5.74) is 3.01. The molecule has 0 spiro atoms. The van der Waals surface area contributed by atoms with Crippen LogP contribution in [0.4, 0.5) is 0 Å². The van der Waals surface area contributed by atoms with Gasteiger partial charge in [0.25, 0.3) is 5.24 Å². The van der Waals surface area contributed by atoms with Gasteiger partial charge < -0.3 is 5.11 Å². The second kappa shape index (κ2) is 5.35. The Labute approximate surface area is 138 Å². The van der Waals surface area contributed by atoms with Crippen molar-refractivity contribution in [3.63, 3.8) is 0 Å². The van der Waals surface area contributed by atoms with Crippen molar-refractivity contribution in [2.24, 2.45) is 0 Å². The van der Waals surface area contributed by atoms with Crippen molar-refractivity contribution in [3.8, 4) is 11.4 Å². The zero-order chi connectivity index (χ0) is 16.8. The van der Waals surface area contributed by atoms with Crippen LogP contribution in [0.25, 0.3) is 16.7 Å². The predicted octanol–water partition coefficient (Wildman–Crippen LogP) is 3.80. The van der Waals surface area contributed by atoms with E-state index in [9.17, 15) is 9.90 Å². The lowest BCUT2D eigenvalue weighted by atomic mass is 9.87. The molecule has 1 heterocycles. The Balaban J connectivity index is 2.15. The molecule has 6 heteroatoms. The van der Waals surface area contributed by atoms with E-state index in [0.29, 0.717) is 22.3 Å². The van der Waals surface area contributed by atoms with Gasteiger partial charge in [0.1, 0.15) is 22.5 Å². The second-order valence-electron chi connectivity index (χ2n) is 6.42. The molecule has 0 saturated heterocycles. The lowest BCUT2D eigenvalue weighted by Crippen LogP contribution is -2.12. The molecule has 0 radical (unpaired) electrons. The van der Waals surface area contributed by atoms with Crippen LogP contribution in [0.3, 0.4) is 0 Å². The van der Waals surface area contributed by atoms with Crippen molar-refractivity contribution < 1.29 is 9.90 Å². The molecule has 23 heavy (non-hydrogen) atoms. The molecule has 1 aromatic heterocycles. The van der Waals surface area contributed by atoms with Crippen LogP contribution in [0.15, 0.2) is 36.4 Å². The minimum absolute atomic E-state index is 0.0623. The maximum absolute atomic E-state index is 11.2. The van der Waals surface area contributed by atoms with Gasteiger partial charge in [0, 0.05) is 5.56 Å². The van der Waals surface area contributed by atoms with Gasteiger partial charge in [-0.05, 0) is 52.9 Å². The normalized spacial score (nSPS) is 11.8. The van der Waals surface area contributed by atoms with Gasteiger partial charge in [0.2, 0.25) is 0 Å². The molecule has 0 fully saturated rings. The highest BCUT2D eigenvalue weighted by Gasteiger charge is 2.17. The summed E-state index contributed by atoms with van der Waals surface area (Å²) in [5, 5.41) is 18.3. The van der Waals surface area contributed by atoms with Crippen LogP contribution < -0.4 is 0 Å². The smallest absolute Gasteiger partial charge is 0.252 e. The molecule has 118 valence electrons. The third-order valence-corrected chi connectivity index (χ3v) is 3.88. The van der Waals surface area contributed by atoms with E-state index in [4.69, 9.17) is 11.6 Å². The Morgan fingerprint density at radius 2 is 1.78 bits per heavy atom. The van der Waals surface area contributed by atoms with E-state index in [1.54, 1.807) is 24.3 Å². The lowest BCUT2D eigenvalue weighted by molar-refractivity contribution is 0.108. The Morgan fingerprint density at radius 1 is 1.09 bits per heavy atom. The van der Waals surface area contributed by atoms with Crippen molar-refractivity contribution in [1.29, 1.82) is 0 Å². The first-order chi connectivity index (χ1) is 10.8. The molecule has 5 nitrogen and oxygen atoms in total. The number of benzene rings is 2. The summed E-state index contributed by atoms with van der Waals surface area (Å²) in [6.07, 6.45) is 0. The predicted molar refractivity (Wildman–Crippen MR) is 89.4 cm³/mol. The highest BCUT2D eigenvalue weighted by molar-refractivity contribution is 6.67. The number of nitrogens with zero attached hydrogens (tertiary/aromatic N) is 3. The van der Waals surface area contributed by atoms with E-state index in [-0.39, 0.29) is 11.2 Å². The average molecular weight is 330 g/mol. The number of hydrogen-bond acceptors (Lipinski definition) is 4. The van der Waals surface area contributed by atoms with Gasteiger partial charge in [-0.25, -0.2) is 0 Å². The second-order valence-corrected chi connectivity index (χ2v) is 6.76. The Morgan fingerprint density at radius 3 is 2.43 bits per heavy atom. The van der Waals surface area contributed by atoms with Crippen molar-refractivity contribution >= 4 is 27.9 Å². The standard InChI is InChI=1S/C17H16ClN3O2/c1-17(2,3)11-5-7-15(22)14(9-11)21-19-12-6-4-10(16(18)23)8-13(12)20-21/h4-9,22H,1-3H3. The number of hydrogen-bond donors (Lipinski definition) is 1. The topological polar surface area (TPSA) is 68.0 Å². The van der Waals surface area contributed by atoms with Crippen LogP contribution in [-0.2, 0) is 5.41 Å². The molecule has 0 bridgehead atoms. The quantitative estimate of drug-likeness (QED) is 0.726. The van der Waals surface area contributed by atoms with Crippen LogP contribution in [0.5, 0.6) is 5.75 Å². The van der Waals surface area contributed by atoms with E-state index in [0.717, 1.165) is 5.56 Å². The molecular weight excluding hydrogens is 314 g/mol. The van der Waals surface area contributed by atoms with Gasteiger partial charge in [-0.2, -0.15) is 0 Å². The van der Waals surface area contributed by atoms with Crippen LogP contribution in [0, 0.1) is 0 Å². The van der Waals surface area contributed by atoms with E-state index < -0.39 is 5.24 Å². The number of phenols is 1. The first-order valence-electron chi connectivity index (χ1n) is 7.16. The summed E-state index contributed by atoms with van der Waals surface area (Å²) in [6.45, 7) is 6.28. The van der Waals surface area contributed by atoms with E-state index >= 15 is 0 Å². The van der Waals surface area contributed by atoms with Gasteiger partial charge in [-0.3, -0.25) is 4.79 Å².